The van der Waals surface area contributed by atoms with Crippen LogP contribution < -0.4 is 4.72 Å². The molecule has 5 nitrogen and oxygen atoms in total. The van der Waals surface area contributed by atoms with Crippen molar-refractivity contribution in [1.29, 1.82) is 0 Å². The van der Waals surface area contributed by atoms with Gasteiger partial charge in [0.25, 0.3) is 10.0 Å². The first-order chi connectivity index (χ1) is 13.9. The van der Waals surface area contributed by atoms with Crippen molar-refractivity contribution >= 4 is 21.7 Å². The van der Waals surface area contributed by atoms with Gasteiger partial charge in [0.1, 0.15) is 6.67 Å². The Kier molecular flexibility index (Phi) is 6.29. The number of carbonyl (C=O) groups is 1. The van der Waals surface area contributed by atoms with Gasteiger partial charge in [-0.05, 0) is 59.9 Å². The zero-order chi connectivity index (χ0) is 20.9. The molecule has 0 fully saturated rings. The van der Waals surface area contributed by atoms with Crippen molar-refractivity contribution in [1.82, 2.24) is 0 Å². The minimum atomic E-state index is -3.80. The molecule has 150 valence electrons. The molecular weight excluding hydrogens is 393 g/mol. The summed E-state index contributed by atoms with van der Waals surface area (Å²) in [6.45, 7) is -0.649. The molecule has 3 aromatic rings. The van der Waals surface area contributed by atoms with Crippen LogP contribution in [0.1, 0.15) is 27.0 Å². The van der Waals surface area contributed by atoms with E-state index in [0.29, 0.717) is 24.1 Å². The van der Waals surface area contributed by atoms with Crippen LogP contribution in [-0.2, 0) is 29.5 Å². The highest BCUT2D eigenvalue weighted by Gasteiger charge is 2.16. The number of nitrogens with one attached hydrogen (secondary N) is 1. The molecule has 29 heavy (non-hydrogen) atoms. The fourth-order valence-electron chi connectivity index (χ4n) is 2.89. The zero-order valence-corrected chi connectivity index (χ0v) is 16.3. The van der Waals surface area contributed by atoms with Crippen LogP contribution in [0.15, 0.2) is 77.7 Å². The Bertz CT molecular complexity index is 1090. The number of carboxylic acids is 1. The van der Waals surface area contributed by atoms with E-state index in [2.05, 4.69) is 4.72 Å². The summed E-state index contributed by atoms with van der Waals surface area (Å²) in [5.74, 6) is -0.976. The quantitative estimate of drug-likeness (QED) is 0.572. The Morgan fingerprint density at radius 1 is 0.862 bits per heavy atom. The van der Waals surface area contributed by atoms with Crippen LogP contribution in [0.2, 0.25) is 0 Å². The standard InChI is InChI=1S/C22H20FNO4S/c23-15-17-8-13-20(14-9-17)29(27,28)24-21-4-2-1-3-18(21)10-5-16-6-11-19(12-7-16)22(25)26/h1-4,6-9,11-14,24H,5,10,15H2,(H,25,26). The van der Waals surface area contributed by atoms with E-state index >= 15 is 0 Å². The summed E-state index contributed by atoms with van der Waals surface area (Å²) < 4.78 is 40.6. The van der Waals surface area contributed by atoms with Gasteiger partial charge in [-0.25, -0.2) is 17.6 Å². The third-order valence-electron chi connectivity index (χ3n) is 4.53. The van der Waals surface area contributed by atoms with Crippen molar-refractivity contribution in [2.75, 3.05) is 4.72 Å². The Balaban J connectivity index is 1.75. The van der Waals surface area contributed by atoms with E-state index < -0.39 is 22.7 Å². The normalized spacial score (nSPS) is 11.2. The van der Waals surface area contributed by atoms with Gasteiger partial charge in [0, 0.05) is 0 Å². The fourth-order valence-corrected chi connectivity index (χ4v) is 3.99. The van der Waals surface area contributed by atoms with Gasteiger partial charge in [0.15, 0.2) is 0 Å². The molecule has 0 heterocycles. The lowest BCUT2D eigenvalue weighted by atomic mass is 10.0. The van der Waals surface area contributed by atoms with Crippen LogP contribution in [0.25, 0.3) is 0 Å². The van der Waals surface area contributed by atoms with E-state index in [4.69, 9.17) is 5.11 Å². The molecule has 0 radical (unpaired) electrons. The molecule has 0 bridgehead atoms. The fraction of sp³-hybridized carbons (Fsp3) is 0.136. The van der Waals surface area contributed by atoms with Gasteiger partial charge in [-0.15, -0.1) is 0 Å². The number of aryl methyl sites for hydroxylation is 2. The summed E-state index contributed by atoms with van der Waals surface area (Å²) >= 11 is 0. The average molecular weight is 413 g/mol. The first-order valence-corrected chi connectivity index (χ1v) is 10.5. The topological polar surface area (TPSA) is 83.5 Å². The van der Waals surface area contributed by atoms with E-state index in [9.17, 15) is 17.6 Å². The summed E-state index contributed by atoms with van der Waals surface area (Å²) in [5, 5.41) is 8.97. The molecule has 0 saturated heterocycles. The zero-order valence-electron chi connectivity index (χ0n) is 15.5. The third-order valence-corrected chi connectivity index (χ3v) is 5.91. The predicted molar refractivity (Wildman–Crippen MR) is 109 cm³/mol. The molecule has 2 N–H and O–H groups in total. The molecule has 3 rings (SSSR count). The maximum absolute atomic E-state index is 12.7. The number of anilines is 1. The SMILES string of the molecule is O=C(O)c1ccc(CCc2ccccc2NS(=O)(=O)c2ccc(CF)cc2)cc1. The van der Waals surface area contributed by atoms with E-state index in [-0.39, 0.29) is 10.5 Å². The number of sulfonamides is 1. The second-order valence-electron chi connectivity index (χ2n) is 6.54. The molecule has 7 heteroatoms. The Morgan fingerprint density at radius 3 is 2.10 bits per heavy atom. The Hall–Kier alpha value is -3.19. The Labute approximate surface area is 168 Å². The highest BCUT2D eigenvalue weighted by atomic mass is 32.2. The number of hydrogen-bond donors (Lipinski definition) is 2. The molecule has 0 aliphatic carbocycles. The van der Waals surface area contributed by atoms with Gasteiger partial charge in [-0.2, -0.15) is 0 Å². The number of benzene rings is 3. The molecule has 0 atom stereocenters. The van der Waals surface area contributed by atoms with Gasteiger partial charge >= 0.3 is 5.97 Å². The number of carboxylic acid groups (broad SMARTS) is 1. The van der Waals surface area contributed by atoms with E-state index in [1.807, 2.05) is 12.1 Å². The lowest BCUT2D eigenvalue weighted by Crippen LogP contribution is -2.14. The van der Waals surface area contributed by atoms with Crippen LogP contribution in [0.4, 0.5) is 10.1 Å². The molecule has 0 aliphatic rings. The number of hydrogen-bond acceptors (Lipinski definition) is 3. The highest BCUT2D eigenvalue weighted by molar-refractivity contribution is 7.92. The predicted octanol–water partition coefficient (Wildman–Crippen LogP) is 4.44. The van der Waals surface area contributed by atoms with Crippen molar-refractivity contribution in [3.63, 3.8) is 0 Å². The van der Waals surface area contributed by atoms with Gasteiger partial charge in [-0.3, -0.25) is 4.72 Å². The lowest BCUT2D eigenvalue weighted by molar-refractivity contribution is 0.0697. The smallest absolute Gasteiger partial charge is 0.335 e. The first-order valence-electron chi connectivity index (χ1n) is 8.97. The summed E-state index contributed by atoms with van der Waals surface area (Å²) in [7, 11) is -3.80. The Morgan fingerprint density at radius 2 is 1.48 bits per heavy atom. The highest BCUT2D eigenvalue weighted by Crippen LogP contribution is 2.22. The molecule has 0 spiro atoms. The second kappa shape index (κ2) is 8.87. The molecule has 0 aliphatic heterocycles. The maximum atomic E-state index is 12.7. The van der Waals surface area contributed by atoms with Crippen molar-refractivity contribution in [3.05, 3.63) is 95.1 Å². The van der Waals surface area contributed by atoms with Crippen LogP contribution in [0, 0.1) is 0 Å². The number of halogens is 1. The van der Waals surface area contributed by atoms with Gasteiger partial charge < -0.3 is 5.11 Å². The van der Waals surface area contributed by atoms with Crippen molar-refractivity contribution in [3.8, 4) is 0 Å². The average Bonchev–Trinajstić information content (AvgIpc) is 2.73. The molecule has 0 amide bonds. The molecule has 3 aromatic carbocycles. The van der Waals surface area contributed by atoms with Crippen molar-refractivity contribution < 1.29 is 22.7 Å². The van der Waals surface area contributed by atoms with Gasteiger partial charge in [0.05, 0.1) is 16.1 Å². The summed E-state index contributed by atoms with van der Waals surface area (Å²) in [4.78, 5) is 11.0. The number of para-hydroxylation sites is 1. The molecule has 0 saturated carbocycles. The third kappa shape index (κ3) is 5.20. The second-order valence-corrected chi connectivity index (χ2v) is 8.22. The minimum absolute atomic E-state index is 0.0637. The monoisotopic (exact) mass is 413 g/mol. The number of aromatic carboxylic acids is 1. The molecule has 0 unspecified atom stereocenters. The number of alkyl halides is 1. The summed E-state index contributed by atoms with van der Waals surface area (Å²) in [6.07, 6.45) is 1.20. The molecular formula is C22H20FNO4S. The van der Waals surface area contributed by atoms with Crippen LogP contribution in [0.3, 0.4) is 0 Å². The van der Waals surface area contributed by atoms with Crippen LogP contribution in [-0.4, -0.2) is 19.5 Å². The van der Waals surface area contributed by atoms with Crippen molar-refractivity contribution in [2.45, 2.75) is 24.4 Å². The van der Waals surface area contributed by atoms with Crippen molar-refractivity contribution in [2.24, 2.45) is 0 Å². The summed E-state index contributed by atoms with van der Waals surface area (Å²) in [5.41, 5.74) is 2.89. The largest absolute Gasteiger partial charge is 0.478 e. The number of rotatable bonds is 8. The van der Waals surface area contributed by atoms with Crippen LogP contribution in [0.5, 0.6) is 0 Å². The van der Waals surface area contributed by atoms with Gasteiger partial charge in [0.2, 0.25) is 0 Å². The maximum Gasteiger partial charge on any atom is 0.335 e. The lowest BCUT2D eigenvalue weighted by Gasteiger charge is -2.13. The minimum Gasteiger partial charge on any atom is -0.478 e. The van der Waals surface area contributed by atoms with Crippen LogP contribution >= 0.6 is 0 Å². The van der Waals surface area contributed by atoms with E-state index in [1.165, 1.54) is 24.3 Å². The first kappa shape index (κ1) is 20.5. The van der Waals surface area contributed by atoms with E-state index in [1.54, 1.807) is 36.4 Å². The molecule has 0 aromatic heterocycles. The van der Waals surface area contributed by atoms with E-state index in [0.717, 1.165) is 11.1 Å². The summed E-state index contributed by atoms with van der Waals surface area (Å²) in [6, 6.07) is 19.4. The van der Waals surface area contributed by atoms with Gasteiger partial charge in [-0.1, -0.05) is 42.5 Å².